The monoisotopic (exact) mass is 587 g/mol. The number of sulfonamides is 1. The fourth-order valence-corrected chi connectivity index (χ4v) is 6.19. The average Bonchev–Trinajstić information content (AvgIpc) is 3.33. The highest BCUT2D eigenvalue weighted by Gasteiger charge is 2.34. The van der Waals surface area contributed by atoms with Crippen molar-refractivity contribution in [2.24, 2.45) is 0 Å². The summed E-state index contributed by atoms with van der Waals surface area (Å²) < 4.78 is 26.6. The molecule has 1 unspecified atom stereocenters. The fourth-order valence-electron chi connectivity index (χ4n) is 4.60. The number of nitrogens with zero attached hydrogens (tertiary/aromatic N) is 2. The van der Waals surface area contributed by atoms with E-state index >= 15 is 0 Å². The van der Waals surface area contributed by atoms with Crippen molar-refractivity contribution in [3.8, 4) is 0 Å². The zero-order valence-corrected chi connectivity index (χ0v) is 24.2. The molecule has 0 saturated heterocycles. The van der Waals surface area contributed by atoms with E-state index in [2.05, 4.69) is 5.32 Å². The molecule has 0 radical (unpaired) electrons. The molecule has 3 rings (SSSR count). The van der Waals surface area contributed by atoms with Crippen LogP contribution in [0.4, 0.5) is 5.69 Å². The summed E-state index contributed by atoms with van der Waals surface area (Å²) >= 11 is 19.1. The van der Waals surface area contributed by atoms with Crippen molar-refractivity contribution in [3.63, 3.8) is 0 Å². The van der Waals surface area contributed by atoms with Gasteiger partial charge in [0.25, 0.3) is 0 Å². The second-order valence-electron chi connectivity index (χ2n) is 9.29. The number of hydrogen-bond donors (Lipinski definition) is 1. The predicted molar refractivity (Wildman–Crippen MR) is 150 cm³/mol. The molecule has 0 spiro atoms. The van der Waals surface area contributed by atoms with E-state index in [9.17, 15) is 18.0 Å². The molecule has 1 aliphatic rings. The first-order valence-electron chi connectivity index (χ1n) is 12.2. The third-order valence-corrected chi connectivity index (χ3v) is 8.91. The predicted octanol–water partition coefficient (Wildman–Crippen LogP) is 5.59. The average molecular weight is 589 g/mol. The topological polar surface area (TPSA) is 86.8 Å². The van der Waals surface area contributed by atoms with Gasteiger partial charge in [0.15, 0.2) is 0 Å². The van der Waals surface area contributed by atoms with Crippen molar-refractivity contribution in [3.05, 3.63) is 62.6 Å². The number of carbonyl (C=O) groups excluding carboxylic acids is 2. The molecule has 0 bridgehead atoms. The van der Waals surface area contributed by atoms with E-state index in [0.29, 0.717) is 38.3 Å². The van der Waals surface area contributed by atoms with E-state index in [-0.39, 0.29) is 18.5 Å². The molecule has 1 aliphatic carbocycles. The zero-order chi connectivity index (χ0) is 27.3. The van der Waals surface area contributed by atoms with Crippen molar-refractivity contribution in [2.75, 3.05) is 17.1 Å². The Morgan fingerprint density at radius 2 is 1.59 bits per heavy atom. The zero-order valence-electron chi connectivity index (χ0n) is 21.1. The molecule has 1 atom stereocenters. The van der Waals surface area contributed by atoms with Crippen LogP contribution in [0, 0.1) is 6.92 Å². The van der Waals surface area contributed by atoms with Gasteiger partial charge in [0.2, 0.25) is 21.8 Å². The fraction of sp³-hybridized carbons (Fsp3) is 0.462. The minimum Gasteiger partial charge on any atom is -0.352 e. The molecule has 37 heavy (non-hydrogen) atoms. The van der Waals surface area contributed by atoms with Crippen molar-refractivity contribution < 1.29 is 18.0 Å². The molecule has 2 amide bonds. The van der Waals surface area contributed by atoms with E-state index in [0.717, 1.165) is 36.2 Å². The van der Waals surface area contributed by atoms with Gasteiger partial charge in [-0.3, -0.25) is 13.9 Å². The van der Waals surface area contributed by atoms with E-state index < -0.39 is 28.5 Å². The van der Waals surface area contributed by atoms with Gasteiger partial charge in [-0.1, -0.05) is 66.7 Å². The molecule has 11 heteroatoms. The largest absolute Gasteiger partial charge is 0.352 e. The molecule has 202 valence electrons. The number of halogens is 3. The molecule has 2 aromatic rings. The van der Waals surface area contributed by atoms with Gasteiger partial charge in [0.1, 0.15) is 12.6 Å². The van der Waals surface area contributed by atoms with Gasteiger partial charge in [-0.05, 0) is 56.0 Å². The van der Waals surface area contributed by atoms with Crippen LogP contribution in [0.25, 0.3) is 0 Å². The first-order valence-corrected chi connectivity index (χ1v) is 15.2. The van der Waals surface area contributed by atoms with E-state index in [1.165, 1.54) is 4.90 Å². The van der Waals surface area contributed by atoms with Gasteiger partial charge in [-0.25, -0.2) is 8.42 Å². The SMILES string of the molecule is CCC(C(=O)NC1CCCC1)N(Cc1c(Cl)cccc1Cl)C(=O)CN(c1cccc(Cl)c1C)S(C)(=O)=O. The molecular weight excluding hydrogens is 557 g/mol. The number of amides is 2. The maximum absolute atomic E-state index is 13.9. The van der Waals surface area contributed by atoms with Crippen LogP contribution in [-0.2, 0) is 26.2 Å². The van der Waals surface area contributed by atoms with E-state index in [4.69, 9.17) is 34.8 Å². The molecule has 2 aromatic carbocycles. The summed E-state index contributed by atoms with van der Waals surface area (Å²) in [5, 5.41) is 4.14. The Morgan fingerprint density at radius 1 is 1.03 bits per heavy atom. The molecule has 1 N–H and O–H groups in total. The summed E-state index contributed by atoms with van der Waals surface area (Å²) in [6.45, 7) is 2.92. The Kier molecular flexibility index (Phi) is 10.1. The Labute approximate surface area is 234 Å². The summed E-state index contributed by atoms with van der Waals surface area (Å²) in [5.41, 5.74) is 1.30. The molecule has 7 nitrogen and oxygen atoms in total. The normalized spacial score (nSPS) is 14.9. The summed E-state index contributed by atoms with van der Waals surface area (Å²) in [4.78, 5) is 28.6. The Bertz CT molecular complexity index is 1230. The second kappa shape index (κ2) is 12.7. The third kappa shape index (κ3) is 7.31. The first kappa shape index (κ1) is 29.6. The summed E-state index contributed by atoms with van der Waals surface area (Å²) in [6.07, 6.45) is 5.22. The van der Waals surface area contributed by atoms with Crippen LogP contribution in [0.5, 0.6) is 0 Å². The van der Waals surface area contributed by atoms with Crippen LogP contribution >= 0.6 is 34.8 Å². The Morgan fingerprint density at radius 3 is 2.16 bits per heavy atom. The van der Waals surface area contributed by atoms with Crippen molar-refractivity contribution in [2.45, 2.75) is 64.6 Å². The van der Waals surface area contributed by atoms with Crippen molar-refractivity contribution in [1.82, 2.24) is 10.2 Å². The van der Waals surface area contributed by atoms with Gasteiger partial charge >= 0.3 is 0 Å². The lowest BCUT2D eigenvalue weighted by Gasteiger charge is -2.34. The molecule has 1 saturated carbocycles. The first-order chi connectivity index (χ1) is 17.4. The molecule has 0 aliphatic heterocycles. The lowest BCUT2D eigenvalue weighted by Crippen LogP contribution is -2.53. The van der Waals surface area contributed by atoms with Crippen LogP contribution in [-0.4, -0.2) is 50.0 Å². The number of benzene rings is 2. The van der Waals surface area contributed by atoms with E-state index in [1.54, 1.807) is 43.3 Å². The van der Waals surface area contributed by atoms with Gasteiger partial charge in [-0.15, -0.1) is 0 Å². The van der Waals surface area contributed by atoms with Gasteiger partial charge < -0.3 is 10.2 Å². The minimum atomic E-state index is -3.87. The van der Waals surface area contributed by atoms with Crippen LogP contribution in [0.2, 0.25) is 15.1 Å². The van der Waals surface area contributed by atoms with Crippen LogP contribution in [0.1, 0.15) is 50.2 Å². The summed E-state index contributed by atoms with van der Waals surface area (Å²) in [5.74, 6) is -0.843. The minimum absolute atomic E-state index is 0.0555. The third-order valence-electron chi connectivity index (χ3n) is 6.66. The van der Waals surface area contributed by atoms with Crippen LogP contribution in [0.15, 0.2) is 36.4 Å². The second-order valence-corrected chi connectivity index (χ2v) is 12.4. The Hall–Kier alpha value is -2.00. The maximum atomic E-state index is 13.9. The number of hydrogen-bond acceptors (Lipinski definition) is 4. The maximum Gasteiger partial charge on any atom is 0.244 e. The number of anilines is 1. The molecule has 1 fully saturated rings. The highest BCUT2D eigenvalue weighted by Crippen LogP contribution is 2.30. The number of carbonyl (C=O) groups is 2. The summed E-state index contributed by atoms with van der Waals surface area (Å²) in [6, 6.07) is 9.08. The number of rotatable bonds is 10. The van der Waals surface area contributed by atoms with E-state index in [1.807, 2.05) is 6.92 Å². The lowest BCUT2D eigenvalue weighted by atomic mass is 10.1. The highest BCUT2D eigenvalue weighted by molar-refractivity contribution is 7.92. The molecule has 0 heterocycles. The quantitative estimate of drug-likeness (QED) is 0.392. The molecular formula is C26H32Cl3N3O4S. The van der Waals surface area contributed by atoms with Gasteiger partial charge in [0, 0.05) is 33.2 Å². The van der Waals surface area contributed by atoms with Gasteiger partial charge in [-0.2, -0.15) is 0 Å². The lowest BCUT2D eigenvalue weighted by molar-refractivity contribution is -0.140. The smallest absolute Gasteiger partial charge is 0.244 e. The Balaban J connectivity index is 2.00. The standard InChI is InChI=1S/C26H32Cl3N3O4S/c1-4-23(26(34)30-18-9-5-6-10-18)31(15-19-21(28)12-7-13-22(19)29)25(33)16-32(37(3,35)36)24-14-8-11-20(27)17(24)2/h7-8,11-14,18,23H,4-6,9-10,15-16H2,1-3H3,(H,30,34). The van der Waals surface area contributed by atoms with Crippen molar-refractivity contribution in [1.29, 1.82) is 0 Å². The van der Waals surface area contributed by atoms with Crippen LogP contribution in [0.3, 0.4) is 0 Å². The van der Waals surface area contributed by atoms with Gasteiger partial charge in [0.05, 0.1) is 11.9 Å². The van der Waals surface area contributed by atoms with Crippen molar-refractivity contribution >= 4 is 62.3 Å². The summed E-state index contributed by atoms with van der Waals surface area (Å²) in [7, 11) is -3.87. The molecule has 0 aromatic heterocycles. The number of nitrogens with one attached hydrogen (secondary N) is 1. The highest BCUT2D eigenvalue weighted by atomic mass is 35.5. The van der Waals surface area contributed by atoms with Crippen LogP contribution < -0.4 is 9.62 Å².